The van der Waals surface area contributed by atoms with Crippen molar-refractivity contribution in [2.75, 3.05) is 33.3 Å². The lowest BCUT2D eigenvalue weighted by Gasteiger charge is -2.34. The zero-order valence-corrected chi connectivity index (χ0v) is 18.8. The van der Waals surface area contributed by atoms with E-state index in [2.05, 4.69) is 39.1 Å². The topological polar surface area (TPSA) is 91.4 Å². The third kappa shape index (κ3) is 4.34. The van der Waals surface area contributed by atoms with Gasteiger partial charge in [0.05, 0.1) is 19.0 Å². The highest BCUT2D eigenvalue weighted by molar-refractivity contribution is 7.89. The third-order valence-electron chi connectivity index (χ3n) is 5.77. The van der Waals surface area contributed by atoms with E-state index in [0.29, 0.717) is 31.9 Å². The smallest absolute Gasteiger partial charge is 0.246 e. The van der Waals surface area contributed by atoms with Gasteiger partial charge < -0.3 is 4.74 Å². The van der Waals surface area contributed by atoms with Crippen molar-refractivity contribution in [2.45, 2.75) is 25.3 Å². The zero-order valence-electron chi connectivity index (χ0n) is 18.0. The van der Waals surface area contributed by atoms with Crippen LogP contribution in [0.5, 0.6) is 5.75 Å². The first kappa shape index (κ1) is 21.5. The molecule has 0 aliphatic carbocycles. The van der Waals surface area contributed by atoms with E-state index in [-0.39, 0.29) is 4.90 Å². The number of pyridine rings is 1. The maximum absolute atomic E-state index is 13.3. The van der Waals surface area contributed by atoms with Crippen LogP contribution < -0.4 is 4.74 Å². The molecule has 3 heterocycles. The number of sulfonamides is 1. The average molecular weight is 442 g/mol. The van der Waals surface area contributed by atoms with Crippen molar-refractivity contribution in [1.29, 1.82) is 0 Å². The van der Waals surface area contributed by atoms with Gasteiger partial charge in [0.2, 0.25) is 10.0 Å². The van der Waals surface area contributed by atoms with Crippen molar-refractivity contribution in [3.05, 3.63) is 59.5 Å². The van der Waals surface area contributed by atoms with Gasteiger partial charge in [-0.25, -0.2) is 8.42 Å². The van der Waals surface area contributed by atoms with Gasteiger partial charge in [-0.2, -0.15) is 9.40 Å². The summed E-state index contributed by atoms with van der Waals surface area (Å²) in [5, 5.41) is 6.82. The standard InChI is InChI=1S/C22H27N5O3S/c1-16-13-20(30-3)17(2)12-19(16)15-26-8-10-27(11-9-26)31(28,29)21-14-24-25-22(21)18-4-6-23-7-5-18/h4-7,12-14H,8-11,15H2,1-3H3,(H,24,25). The second-order valence-corrected chi connectivity index (χ2v) is 9.68. The van der Waals surface area contributed by atoms with E-state index >= 15 is 0 Å². The van der Waals surface area contributed by atoms with Crippen LogP contribution in [0.1, 0.15) is 16.7 Å². The van der Waals surface area contributed by atoms with E-state index in [1.54, 1.807) is 35.9 Å². The van der Waals surface area contributed by atoms with Gasteiger partial charge in [0.1, 0.15) is 10.6 Å². The molecular weight excluding hydrogens is 414 g/mol. The minimum absolute atomic E-state index is 0.203. The Balaban J connectivity index is 1.46. The number of hydrogen-bond acceptors (Lipinski definition) is 6. The van der Waals surface area contributed by atoms with Gasteiger partial charge in [-0.15, -0.1) is 0 Å². The number of methoxy groups -OCH3 is 1. The molecule has 0 amide bonds. The molecule has 0 saturated carbocycles. The van der Waals surface area contributed by atoms with Gasteiger partial charge in [-0.3, -0.25) is 15.0 Å². The summed E-state index contributed by atoms with van der Waals surface area (Å²) in [5.41, 5.74) is 4.76. The monoisotopic (exact) mass is 441 g/mol. The third-order valence-corrected chi connectivity index (χ3v) is 7.68. The van der Waals surface area contributed by atoms with Crippen LogP contribution in [0.25, 0.3) is 11.3 Å². The summed E-state index contributed by atoms with van der Waals surface area (Å²) in [7, 11) is -1.96. The molecule has 0 spiro atoms. The van der Waals surface area contributed by atoms with Crippen LogP contribution in [-0.2, 0) is 16.6 Å². The van der Waals surface area contributed by atoms with Crippen LogP contribution >= 0.6 is 0 Å². The fourth-order valence-electron chi connectivity index (χ4n) is 3.94. The highest BCUT2D eigenvalue weighted by Crippen LogP contribution is 2.28. The number of nitrogens with one attached hydrogen (secondary N) is 1. The lowest BCUT2D eigenvalue weighted by molar-refractivity contribution is 0.181. The van der Waals surface area contributed by atoms with Crippen molar-refractivity contribution in [3.63, 3.8) is 0 Å². The first-order valence-electron chi connectivity index (χ1n) is 10.2. The van der Waals surface area contributed by atoms with Crippen LogP contribution in [0.3, 0.4) is 0 Å². The second kappa shape index (κ2) is 8.78. The molecule has 4 rings (SSSR count). The van der Waals surface area contributed by atoms with Crippen molar-refractivity contribution in [3.8, 4) is 17.0 Å². The molecule has 0 bridgehead atoms. The summed E-state index contributed by atoms with van der Waals surface area (Å²) in [6.45, 7) is 7.14. The maximum atomic E-state index is 13.3. The van der Waals surface area contributed by atoms with Crippen molar-refractivity contribution >= 4 is 10.0 Å². The van der Waals surface area contributed by atoms with E-state index in [0.717, 1.165) is 23.4 Å². The minimum Gasteiger partial charge on any atom is -0.496 e. The van der Waals surface area contributed by atoms with Crippen molar-refractivity contribution in [2.24, 2.45) is 0 Å². The molecule has 3 aromatic rings. The van der Waals surface area contributed by atoms with Crippen LogP contribution in [0.15, 0.2) is 47.8 Å². The molecule has 1 aromatic carbocycles. The second-order valence-electron chi connectivity index (χ2n) is 7.77. The number of ether oxygens (including phenoxy) is 1. The predicted octanol–water partition coefficient (Wildman–Crippen LogP) is 2.60. The molecule has 31 heavy (non-hydrogen) atoms. The summed E-state index contributed by atoms with van der Waals surface area (Å²) < 4.78 is 33.5. The molecule has 0 unspecified atom stereocenters. The summed E-state index contributed by atoms with van der Waals surface area (Å²) in [6, 6.07) is 7.75. The first-order chi connectivity index (χ1) is 14.9. The Bertz CT molecular complexity index is 1150. The number of piperazine rings is 1. The number of hydrogen-bond donors (Lipinski definition) is 1. The van der Waals surface area contributed by atoms with Gasteiger partial charge in [0, 0.05) is 50.7 Å². The quantitative estimate of drug-likeness (QED) is 0.632. The first-order valence-corrected chi connectivity index (χ1v) is 11.6. The molecule has 1 aliphatic rings. The number of benzene rings is 1. The van der Waals surface area contributed by atoms with Gasteiger partial charge >= 0.3 is 0 Å². The summed E-state index contributed by atoms with van der Waals surface area (Å²) >= 11 is 0. The number of nitrogens with zero attached hydrogens (tertiary/aromatic N) is 4. The molecule has 2 aromatic heterocycles. The SMILES string of the molecule is COc1cc(C)c(CN2CCN(S(=O)(=O)c3cn[nH]c3-c3ccncc3)CC2)cc1C. The van der Waals surface area contributed by atoms with Crippen molar-refractivity contribution < 1.29 is 13.2 Å². The lowest BCUT2D eigenvalue weighted by atomic mass is 10.0. The summed E-state index contributed by atoms with van der Waals surface area (Å²) in [6.07, 6.45) is 4.66. The van der Waals surface area contributed by atoms with Crippen LogP contribution in [-0.4, -0.2) is 66.1 Å². The molecule has 164 valence electrons. The predicted molar refractivity (Wildman–Crippen MR) is 118 cm³/mol. The number of aromatic amines is 1. The maximum Gasteiger partial charge on any atom is 0.246 e. The molecule has 1 fully saturated rings. The Morgan fingerprint density at radius 3 is 2.45 bits per heavy atom. The molecule has 9 heteroatoms. The van der Waals surface area contributed by atoms with Gasteiger partial charge in [-0.1, -0.05) is 6.07 Å². The van der Waals surface area contributed by atoms with Gasteiger partial charge in [0.15, 0.2) is 0 Å². The molecule has 1 saturated heterocycles. The lowest BCUT2D eigenvalue weighted by Crippen LogP contribution is -2.48. The van der Waals surface area contributed by atoms with Crippen LogP contribution in [0.4, 0.5) is 0 Å². The molecule has 0 atom stereocenters. The fraction of sp³-hybridized carbons (Fsp3) is 0.364. The molecule has 1 aliphatic heterocycles. The minimum atomic E-state index is -3.64. The molecule has 0 radical (unpaired) electrons. The Morgan fingerprint density at radius 1 is 1.06 bits per heavy atom. The Morgan fingerprint density at radius 2 is 1.77 bits per heavy atom. The van der Waals surface area contributed by atoms with E-state index in [4.69, 9.17) is 4.74 Å². The fourth-order valence-corrected chi connectivity index (χ4v) is 5.47. The van der Waals surface area contributed by atoms with Crippen molar-refractivity contribution in [1.82, 2.24) is 24.4 Å². The molecule has 1 N–H and O–H groups in total. The Hall–Kier alpha value is -2.75. The largest absolute Gasteiger partial charge is 0.496 e. The zero-order chi connectivity index (χ0) is 22.0. The van der Waals surface area contributed by atoms with E-state index < -0.39 is 10.0 Å². The molecule has 8 nitrogen and oxygen atoms in total. The highest BCUT2D eigenvalue weighted by atomic mass is 32.2. The molecular formula is C22H27N5O3S. The van der Waals surface area contributed by atoms with Crippen LogP contribution in [0.2, 0.25) is 0 Å². The van der Waals surface area contributed by atoms with E-state index in [9.17, 15) is 8.42 Å². The van der Waals surface area contributed by atoms with E-state index in [1.807, 2.05) is 6.92 Å². The van der Waals surface area contributed by atoms with E-state index in [1.165, 1.54) is 17.3 Å². The van der Waals surface area contributed by atoms with Gasteiger partial charge in [0.25, 0.3) is 0 Å². The van der Waals surface area contributed by atoms with Crippen LogP contribution in [0, 0.1) is 13.8 Å². The summed E-state index contributed by atoms with van der Waals surface area (Å²) in [5.74, 6) is 0.891. The normalized spacial score (nSPS) is 15.8. The number of H-pyrrole nitrogens is 1. The Labute approximate surface area is 182 Å². The number of aromatic nitrogens is 3. The van der Waals surface area contributed by atoms with Gasteiger partial charge in [-0.05, 0) is 48.7 Å². The number of rotatable bonds is 6. The Kier molecular flexibility index (Phi) is 6.08. The number of aryl methyl sites for hydroxylation is 2. The highest BCUT2D eigenvalue weighted by Gasteiger charge is 2.31. The summed E-state index contributed by atoms with van der Waals surface area (Å²) in [4.78, 5) is 6.49. The average Bonchev–Trinajstić information content (AvgIpc) is 3.28.